The number of carbonyl (C=O) groups is 3. The van der Waals surface area contributed by atoms with Gasteiger partial charge in [0.15, 0.2) is 0 Å². The highest BCUT2D eigenvalue weighted by Gasteiger charge is 2.77. The normalized spacial score (nSPS) is 28.9. The van der Waals surface area contributed by atoms with Crippen LogP contribution in [0, 0.1) is 18.8 Å². The van der Waals surface area contributed by atoms with Crippen LogP contribution in [0.4, 0.5) is 5.69 Å². The molecule has 0 aliphatic carbocycles. The zero-order chi connectivity index (χ0) is 28.3. The largest absolute Gasteiger partial charge is 0.465 e. The van der Waals surface area contributed by atoms with E-state index in [0.717, 1.165) is 5.56 Å². The van der Waals surface area contributed by atoms with E-state index in [1.54, 1.807) is 28.0 Å². The molecule has 1 spiro atoms. The van der Waals surface area contributed by atoms with Gasteiger partial charge in [0.2, 0.25) is 5.91 Å². The van der Waals surface area contributed by atoms with Gasteiger partial charge in [-0.25, -0.2) is 0 Å². The van der Waals surface area contributed by atoms with Crippen molar-refractivity contribution in [2.24, 2.45) is 11.8 Å². The number of halogens is 2. The fourth-order valence-corrected chi connectivity index (χ4v) is 7.63. The van der Waals surface area contributed by atoms with Gasteiger partial charge >= 0.3 is 5.97 Å². The molecule has 1 aromatic carbocycles. The molecule has 2 bridgehead atoms. The number of alkyl halides is 1. The average Bonchev–Trinajstić information content (AvgIpc) is 3.49. The number of esters is 1. The Hall–Kier alpha value is -2.20. The Balaban J connectivity index is 1.76. The number of aryl methyl sites for hydroxylation is 1. The number of para-hydroxylation sites is 1. The minimum Gasteiger partial charge on any atom is -0.465 e. The molecular formula is C29H36BrClN2O6. The molecule has 4 rings (SSSR count). The van der Waals surface area contributed by atoms with Crippen molar-refractivity contribution in [2.75, 3.05) is 31.2 Å². The van der Waals surface area contributed by atoms with Gasteiger partial charge in [-0.3, -0.25) is 14.4 Å². The number of likely N-dealkylation sites (tertiary alicyclic amines) is 1. The lowest BCUT2D eigenvalue weighted by Gasteiger charge is -2.37. The van der Waals surface area contributed by atoms with Crippen LogP contribution in [0.5, 0.6) is 0 Å². The van der Waals surface area contributed by atoms with Crippen LogP contribution in [0.3, 0.4) is 0 Å². The summed E-state index contributed by atoms with van der Waals surface area (Å²) in [6.45, 7) is 10.1. The number of amides is 2. The van der Waals surface area contributed by atoms with Crippen LogP contribution in [0.2, 0.25) is 5.02 Å². The highest BCUT2D eigenvalue weighted by Crippen LogP contribution is 2.60. The molecule has 1 aromatic rings. The van der Waals surface area contributed by atoms with E-state index < -0.39 is 35.6 Å². The molecule has 1 N–H and O–H groups in total. The van der Waals surface area contributed by atoms with E-state index in [9.17, 15) is 19.5 Å². The molecule has 0 aromatic heterocycles. The maximum absolute atomic E-state index is 14.6. The summed E-state index contributed by atoms with van der Waals surface area (Å²) in [4.78, 5) is 44.9. The molecule has 3 unspecified atom stereocenters. The van der Waals surface area contributed by atoms with Gasteiger partial charge in [-0.15, -0.1) is 13.2 Å². The topological polar surface area (TPSA) is 96.4 Å². The van der Waals surface area contributed by atoms with Gasteiger partial charge in [-0.05, 0) is 50.7 Å². The smallest absolute Gasteiger partial charge is 0.312 e. The minimum absolute atomic E-state index is 0.0520. The third-order valence-corrected chi connectivity index (χ3v) is 9.10. The van der Waals surface area contributed by atoms with Gasteiger partial charge in [-0.2, -0.15) is 0 Å². The van der Waals surface area contributed by atoms with Gasteiger partial charge in [0, 0.05) is 24.5 Å². The SMILES string of the molecule is C=CCCOC(=O)[C@H]1[C@H]2C(=O)N(CCCCCO)C(C(=O)N(CC=C)c3c(C)cccc3Cl)C23CC(Br)[C@@H]1O3. The first-order valence-corrected chi connectivity index (χ1v) is 14.7. The number of unbranched alkanes of at least 4 members (excludes halogenated alkanes) is 2. The molecule has 3 saturated heterocycles. The third kappa shape index (κ3) is 5.31. The lowest BCUT2D eigenvalue weighted by Crippen LogP contribution is -2.57. The summed E-state index contributed by atoms with van der Waals surface area (Å²) in [5, 5.41) is 9.66. The molecule has 0 radical (unpaired) electrons. The van der Waals surface area contributed by atoms with E-state index in [2.05, 4.69) is 29.1 Å². The summed E-state index contributed by atoms with van der Waals surface area (Å²) in [7, 11) is 0. The monoisotopic (exact) mass is 622 g/mol. The Bertz CT molecular complexity index is 1110. The standard InChI is InChI=1S/C29H36BrClN2O6/c1-4-6-16-38-28(37)21-22-26(35)33(14-8-7-9-15-34)25(29(22)17-19(30)24(21)39-29)27(36)32(13-5-2)23-18(3)11-10-12-20(23)31/h4-5,10-12,19,21-22,24-25,34H,1-2,6-9,13-17H2,3H3/t19?,21-,22-,24-,25?,29?/m0/s1. The van der Waals surface area contributed by atoms with E-state index in [1.807, 2.05) is 19.1 Å². The molecule has 39 heavy (non-hydrogen) atoms. The molecular weight excluding hydrogens is 588 g/mol. The van der Waals surface area contributed by atoms with Crippen LogP contribution < -0.4 is 4.90 Å². The number of anilines is 1. The Labute approximate surface area is 243 Å². The maximum atomic E-state index is 14.6. The van der Waals surface area contributed by atoms with E-state index in [0.29, 0.717) is 49.4 Å². The van der Waals surface area contributed by atoms with Crippen molar-refractivity contribution in [1.29, 1.82) is 0 Å². The quantitative estimate of drug-likeness (QED) is 0.153. The number of hydrogen-bond donors (Lipinski definition) is 1. The molecule has 0 saturated carbocycles. The van der Waals surface area contributed by atoms with Crippen molar-refractivity contribution in [3.63, 3.8) is 0 Å². The van der Waals surface area contributed by atoms with Crippen LogP contribution in [0.15, 0.2) is 43.5 Å². The van der Waals surface area contributed by atoms with Crippen molar-refractivity contribution in [3.8, 4) is 0 Å². The molecule has 212 valence electrons. The van der Waals surface area contributed by atoms with E-state index in [-0.39, 0.29) is 36.4 Å². The maximum Gasteiger partial charge on any atom is 0.312 e. The van der Waals surface area contributed by atoms with E-state index in [4.69, 9.17) is 21.1 Å². The van der Waals surface area contributed by atoms with E-state index in [1.165, 1.54) is 0 Å². The van der Waals surface area contributed by atoms with Crippen LogP contribution in [-0.4, -0.2) is 76.7 Å². The van der Waals surface area contributed by atoms with Gasteiger partial charge in [0.1, 0.15) is 11.6 Å². The second-order valence-corrected chi connectivity index (χ2v) is 12.0. The van der Waals surface area contributed by atoms with Gasteiger partial charge < -0.3 is 24.4 Å². The third-order valence-electron chi connectivity index (χ3n) is 7.95. The number of carbonyl (C=O) groups excluding carboxylic acids is 3. The number of aliphatic hydroxyl groups is 1. The summed E-state index contributed by atoms with van der Waals surface area (Å²) >= 11 is 10.3. The Kier molecular flexibility index (Phi) is 9.57. The second kappa shape index (κ2) is 12.5. The fraction of sp³-hybridized carbons (Fsp3) is 0.552. The van der Waals surface area contributed by atoms with Crippen LogP contribution >= 0.6 is 27.5 Å². The molecule has 3 heterocycles. The number of nitrogens with zero attached hydrogens (tertiary/aromatic N) is 2. The highest BCUT2D eigenvalue weighted by molar-refractivity contribution is 9.09. The number of ether oxygens (including phenoxy) is 2. The molecule has 3 fully saturated rings. The lowest BCUT2D eigenvalue weighted by atomic mass is 9.70. The van der Waals surface area contributed by atoms with Gasteiger partial charge in [0.25, 0.3) is 5.91 Å². The molecule has 10 heteroatoms. The van der Waals surface area contributed by atoms with Gasteiger partial charge in [0.05, 0.1) is 35.3 Å². The zero-order valence-corrected chi connectivity index (χ0v) is 24.5. The first-order chi connectivity index (χ1) is 18.7. The van der Waals surface area contributed by atoms with Crippen molar-refractivity contribution in [2.45, 2.75) is 61.6 Å². The van der Waals surface area contributed by atoms with Crippen molar-refractivity contribution in [3.05, 3.63) is 54.1 Å². The zero-order valence-electron chi connectivity index (χ0n) is 22.2. The van der Waals surface area contributed by atoms with Crippen molar-refractivity contribution >= 4 is 51.0 Å². The number of hydrogen-bond acceptors (Lipinski definition) is 6. The fourth-order valence-electron chi connectivity index (χ4n) is 6.36. The highest BCUT2D eigenvalue weighted by atomic mass is 79.9. The lowest BCUT2D eigenvalue weighted by molar-refractivity contribution is -0.154. The second-order valence-electron chi connectivity index (χ2n) is 10.4. The van der Waals surface area contributed by atoms with Crippen LogP contribution in [-0.2, 0) is 23.9 Å². The summed E-state index contributed by atoms with van der Waals surface area (Å²) in [5.41, 5.74) is 0.171. The molecule has 6 atom stereocenters. The molecule has 3 aliphatic heterocycles. The van der Waals surface area contributed by atoms with Crippen molar-refractivity contribution < 1.29 is 29.0 Å². The first-order valence-electron chi connectivity index (χ1n) is 13.4. The van der Waals surface area contributed by atoms with Crippen LogP contribution in [0.25, 0.3) is 0 Å². The molecule has 2 amide bonds. The number of benzene rings is 1. The first kappa shape index (κ1) is 29.8. The molecule has 3 aliphatic rings. The Morgan fingerprint density at radius 1 is 1.31 bits per heavy atom. The average molecular weight is 624 g/mol. The summed E-state index contributed by atoms with van der Waals surface area (Å²) in [6.07, 6.45) is 5.48. The summed E-state index contributed by atoms with van der Waals surface area (Å²) in [5.74, 6) is -2.76. The number of fused-ring (bicyclic) bond motifs is 1. The predicted molar refractivity (Wildman–Crippen MR) is 153 cm³/mol. The van der Waals surface area contributed by atoms with E-state index >= 15 is 0 Å². The summed E-state index contributed by atoms with van der Waals surface area (Å²) < 4.78 is 12.1. The Morgan fingerprint density at radius 2 is 2.08 bits per heavy atom. The minimum atomic E-state index is -1.19. The Morgan fingerprint density at radius 3 is 2.74 bits per heavy atom. The van der Waals surface area contributed by atoms with Crippen molar-refractivity contribution in [1.82, 2.24) is 4.90 Å². The predicted octanol–water partition coefficient (Wildman–Crippen LogP) is 4.20. The van der Waals surface area contributed by atoms with Gasteiger partial charge in [-0.1, -0.05) is 51.8 Å². The van der Waals surface area contributed by atoms with Crippen LogP contribution in [0.1, 0.15) is 37.7 Å². The summed E-state index contributed by atoms with van der Waals surface area (Å²) in [6, 6.07) is 4.45. The molecule has 8 nitrogen and oxygen atoms in total. The number of rotatable bonds is 13. The number of aliphatic hydroxyl groups excluding tert-OH is 1.